The number of aryl methyl sites for hydroxylation is 1. The van der Waals surface area contributed by atoms with Crippen molar-refractivity contribution in [3.63, 3.8) is 0 Å². The molecule has 1 aromatic heterocycles. The van der Waals surface area contributed by atoms with E-state index < -0.39 is 16.6 Å². The molecule has 214 valence electrons. The molecule has 37 heavy (non-hydrogen) atoms. The molecular weight excluding hydrogens is 507 g/mol. The lowest BCUT2D eigenvalue weighted by Gasteiger charge is -2.44. The van der Waals surface area contributed by atoms with Gasteiger partial charge in [0.05, 0.1) is 16.8 Å². The van der Waals surface area contributed by atoms with E-state index in [2.05, 4.69) is 100.0 Å². The van der Waals surface area contributed by atoms with Crippen molar-refractivity contribution < 1.29 is 8.85 Å². The van der Waals surface area contributed by atoms with Crippen LogP contribution in [0.5, 0.6) is 0 Å². The molecule has 1 fully saturated rings. The minimum atomic E-state index is -1.87. The average molecular weight is 566 g/mol. The van der Waals surface area contributed by atoms with Crippen LogP contribution in [0.15, 0.2) is 11.0 Å². The van der Waals surface area contributed by atoms with Crippen molar-refractivity contribution in [1.29, 1.82) is 0 Å². The Kier molecular flexibility index (Phi) is 11.5. The molecule has 0 aliphatic heterocycles. The monoisotopic (exact) mass is 565 g/mol. The maximum atomic E-state index is 7.07. The number of hydrogen-bond donors (Lipinski definition) is 0. The van der Waals surface area contributed by atoms with E-state index >= 15 is 0 Å². The lowest BCUT2D eigenvalue weighted by Crippen LogP contribution is -2.45. The molecule has 0 bridgehead atoms. The third-order valence-corrected chi connectivity index (χ3v) is 19.4. The second kappa shape index (κ2) is 12.9. The number of aromatic nitrogens is 1. The molecule has 1 heterocycles. The van der Waals surface area contributed by atoms with Crippen LogP contribution >= 0.6 is 11.3 Å². The summed E-state index contributed by atoms with van der Waals surface area (Å²) in [7, 11) is -3.51. The van der Waals surface area contributed by atoms with Crippen LogP contribution in [0.2, 0.25) is 36.3 Å². The van der Waals surface area contributed by atoms with E-state index in [1.165, 1.54) is 37.7 Å². The van der Waals surface area contributed by atoms with Crippen molar-refractivity contribution in [2.75, 3.05) is 6.61 Å². The molecule has 3 nitrogen and oxygen atoms in total. The molecule has 1 saturated carbocycles. The zero-order valence-corrected chi connectivity index (χ0v) is 29.4. The summed E-state index contributed by atoms with van der Waals surface area (Å²) < 4.78 is 13.6. The van der Waals surface area contributed by atoms with Crippen molar-refractivity contribution in [2.45, 2.75) is 143 Å². The van der Waals surface area contributed by atoms with Crippen LogP contribution in [0.25, 0.3) is 6.08 Å². The fourth-order valence-electron chi connectivity index (χ4n) is 4.61. The zero-order chi connectivity index (χ0) is 28.2. The van der Waals surface area contributed by atoms with Crippen molar-refractivity contribution in [3.8, 4) is 0 Å². The maximum Gasteiger partial charge on any atom is 0.192 e. The third kappa shape index (κ3) is 9.70. The molecule has 0 saturated heterocycles. The Morgan fingerprint density at radius 1 is 1.05 bits per heavy atom. The minimum Gasteiger partial charge on any atom is -0.417 e. The first-order valence-corrected chi connectivity index (χ1v) is 21.4. The summed E-state index contributed by atoms with van der Waals surface area (Å²) in [6.07, 6.45) is 10.3. The van der Waals surface area contributed by atoms with Crippen LogP contribution < -0.4 is 0 Å². The molecule has 0 unspecified atom stereocenters. The summed E-state index contributed by atoms with van der Waals surface area (Å²) in [5, 5.41) is 3.80. The van der Waals surface area contributed by atoms with Gasteiger partial charge in [-0.15, -0.1) is 11.3 Å². The third-order valence-electron chi connectivity index (χ3n) is 9.66. The van der Waals surface area contributed by atoms with Crippen molar-refractivity contribution in [2.24, 2.45) is 17.8 Å². The van der Waals surface area contributed by atoms with Gasteiger partial charge in [0.1, 0.15) is 0 Å². The standard InChI is InChI=1S/C31H59NO2SSi2/c1-23(21-33-36(10,11)30(4,5)6)15-14-16-26-17-18-27(26)20-29(34-37(12,13)31(7,8)9)24(2)19-28-22-35-25(3)32-28/h19,22-23,26-27,29H,14-18,20-21H2,1-13H3/b24-19+/t23-,26+,27-,29-/m0/s1. The van der Waals surface area contributed by atoms with Crippen molar-refractivity contribution in [3.05, 3.63) is 21.7 Å². The molecule has 1 aliphatic carbocycles. The van der Waals surface area contributed by atoms with Crippen LogP contribution in [0, 0.1) is 24.7 Å². The smallest absolute Gasteiger partial charge is 0.192 e. The van der Waals surface area contributed by atoms with E-state index in [4.69, 9.17) is 13.8 Å². The molecule has 0 spiro atoms. The molecule has 6 heteroatoms. The Hall–Kier alpha value is -0.276. The van der Waals surface area contributed by atoms with Gasteiger partial charge in [0, 0.05) is 12.0 Å². The Morgan fingerprint density at radius 3 is 2.14 bits per heavy atom. The Labute approximate surface area is 236 Å². The molecule has 2 rings (SSSR count). The average Bonchev–Trinajstić information content (AvgIpc) is 3.14. The fourth-order valence-corrected chi connectivity index (χ4v) is 7.67. The summed E-state index contributed by atoms with van der Waals surface area (Å²) in [5.74, 6) is 2.29. The summed E-state index contributed by atoms with van der Waals surface area (Å²) in [5.41, 5.74) is 2.43. The molecule has 1 aliphatic rings. The van der Waals surface area contributed by atoms with Gasteiger partial charge < -0.3 is 8.85 Å². The summed E-state index contributed by atoms with van der Waals surface area (Å²) in [6, 6.07) is 0. The predicted molar refractivity (Wildman–Crippen MR) is 170 cm³/mol. The van der Waals surface area contributed by atoms with Crippen LogP contribution in [0.3, 0.4) is 0 Å². The van der Waals surface area contributed by atoms with Crippen LogP contribution in [-0.4, -0.2) is 34.3 Å². The number of thiazole rings is 1. The van der Waals surface area contributed by atoms with Gasteiger partial charge in [0.2, 0.25) is 0 Å². The Bertz CT molecular complexity index is 879. The van der Waals surface area contributed by atoms with Gasteiger partial charge in [0.25, 0.3) is 0 Å². The molecule has 4 atom stereocenters. The predicted octanol–water partition coefficient (Wildman–Crippen LogP) is 10.5. The highest BCUT2D eigenvalue weighted by Gasteiger charge is 2.41. The number of hydrogen-bond acceptors (Lipinski definition) is 4. The first-order valence-electron chi connectivity index (χ1n) is 14.7. The second-order valence-electron chi connectivity index (χ2n) is 15.0. The van der Waals surface area contributed by atoms with Gasteiger partial charge in [-0.05, 0) is 105 Å². The van der Waals surface area contributed by atoms with Crippen LogP contribution in [0.4, 0.5) is 0 Å². The van der Waals surface area contributed by atoms with E-state index in [1.54, 1.807) is 11.3 Å². The van der Waals surface area contributed by atoms with Crippen LogP contribution in [0.1, 0.15) is 105 Å². The number of nitrogens with zero attached hydrogens (tertiary/aromatic N) is 1. The summed E-state index contributed by atoms with van der Waals surface area (Å²) >= 11 is 1.73. The number of rotatable bonds is 13. The highest BCUT2D eigenvalue weighted by molar-refractivity contribution is 7.09. The largest absolute Gasteiger partial charge is 0.417 e. The van der Waals surface area contributed by atoms with Crippen molar-refractivity contribution >= 4 is 34.0 Å². The minimum absolute atomic E-state index is 0.201. The van der Waals surface area contributed by atoms with Gasteiger partial charge in [-0.25, -0.2) is 4.98 Å². The van der Waals surface area contributed by atoms with Gasteiger partial charge in [-0.3, -0.25) is 0 Å². The lowest BCUT2D eigenvalue weighted by molar-refractivity contribution is 0.0910. The Balaban J connectivity index is 1.95. The van der Waals surface area contributed by atoms with Gasteiger partial charge >= 0.3 is 0 Å². The molecule has 0 aromatic carbocycles. The first-order chi connectivity index (χ1) is 16.8. The van der Waals surface area contributed by atoms with E-state index in [1.807, 2.05) is 0 Å². The summed E-state index contributed by atoms with van der Waals surface area (Å²) in [6.45, 7) is 31.2. The molecule has 0 amide bonds. The fraction of sp³-hybridized carbons (Fsp3) is 0.839. The van der Waals surface area contributed by atoms with Crippen molar-refractivity contribution in [1.82, 2.24) is 4.98 Å². The molecular formula is C31H59NO2SSi2. The molecule has 1 aromatic rings. The maximum absolute atomic E-state index is 7.07. The van der Waals surface area contributed by atoms with Crippen LogP contribution in [-0.2, 0) is 8.85 Å². The molecule has 0 N–H and O–H groups in total. The normalized spacial score (nSPS) is 21.6. The quantitative estimate of drug-likeness (QED) is 0.223. The highest BCUT2D eigenvalue weighted by atomic mass is 32.1. The zero-order valence-electron chi connectivity index (χ0n) is 26.6. The lowest BCUT2D eigenvalue weighted by atomic mass is 9.68. The SMILES string of the molecule is C/C(=C\c1csc(C)n1)[C@H](C[C@@H]1CC[C@H]1CCC[C@H](C)CO[Si](C)(C)C(C)(C)C)O[Si](C)(C)C(C)(C)C. The van der Waals surface area contributed by atoms with E-state index in [-0.39, 0.29) is 11.1 Å². The second-order valence-corrected chi connectivity index (χ2v) is 25.6. The van der Waals surface area contributed by atoms with Gasteiger partial charge in [-0.1, -0.05) is 61.3 Å². The molecule has 0 radical (unpaired) electrons. The summed E-state index contributed by atoms with van der Waals surface area (Å²) in [4.78, 5) is 4.70. The van der Waals surface area contributed by atoms with E-state index in [0.717, 1.165) is 35.6 Å². The van der Waals surface area contributed by atoms with E-state index in [0.29, 0.717) is 11.0 Å². The Morgan fingerprint density at radius 2 is 1.65 bits per heavy atom. The first kappa shape index (κ1) is 32.9. The van der Waals surface area contributed by atoms with Gasteiger partial charge in [0.15, 0.2) is 16.6 Å². The topological polar surface area (TPSA) is 31.4 Å². The highest BCUT2D eigenvalue weighted by Crippen LogP contribution is 2.45. The van der Waals surface area contributed by atoms with E-state index in [9.17, 15) is 0 Å². The van der Waals surface area contributed by atoms with Gasteiger partial charge in [-0.2, -0.15) is 0 Å².